The van der Waals surface area contributed by atoms with E-state index in [1.54, 1.807) is 59.2 Å². The Morgan fingerprint density at radius 2 is 1.64 bits per heavy atom. The Morgan fingerprint density at radius 1 is 0.921 bits per heavy atom. The zero-order chi connectivity index (χ0) is 54.9. The summed E-state index contributed by atoms with van der Waals surface area (Å²) in [6.45, 7) is 13.5. The maximum absolute atomic E-state index is 13.7. The first-order valence-corrected chi connectivity index (χ1v) is 26.1. The lowest BCUT2D eigenvalue weighted by molar-refractivity contribution is -0.135. The second-order valence-electron chi connectivity index (χ2n) is 20.2. The Morgan fingerprint density at radius 3 is 2.30 bits per heavy atom. The average Bonchev–Trinajstić information content (AvgIpc) is 3.98. The lowest BCUT2D eigenvalue weighted by Crippen LogP contribution is -2.55. The van der Waals surface area contributed by atoms with Crippen LogP contribution in [0.15, 0.2) is 60.8 Å². The summed E-state index contributed by atoms with van der Waals surface area (Å²) in [5.41, 5.74) is 20.9. The van der Waals surface area contributed by atoms with E-state index in [1.807, 2.05) is 50.4 Å². The molecule has 1 saturated carbocycles. The van der Waals surface area contributed by atoms with E-state index in [9.17, 15) is 29.1 Å². The SMILES string of the molecule is CCCCOc1nc(N)c2nc(O)n(Cc3ccc(-c4ccn(CCN(C(=O)OCc5ccc(NC(=O)[C@H](CCCNC(N)=O)NC(=O)C(NC(=O)C(C)COC(C)(C)CCN)C(C)C)cc5)C5CCC5)n4)cc3)c2n1. The number of aromatic nitrogens is 6. The van der Waals surface area contributed by atoms with Crippen LogP contribution in [-0.2, 0) is 43.6 Å². The van der Waals surface area contributed by atoms with E-state index >= 15 is 0 Å². The van der Waals surface area contributed by atoms with Crippen molar-refractivity contribution in [2.75, 3.05) is 43.9 Å². The van der Waals surface area contributed by atoms with Crippen LogP contribution in [-0.4, -0.2) is 126 Å². The lowest BCUT2D eigenvalue weighted by Gasteiger charge is -2.36. The first kappa shape index (κ1) is 57.7. The molecule has 3 atom stereocenters. The maximum Gasteiger partial charge on any atom is 0.410 e. The van der Waals surface area contributed by atoms with Crippen molar-refractivity contribution in [3.8, 4) is 23.3 Å². The van der Waals surface area contributed by atoms with Crippen LogP contribution in [0.4, 0.5) is 21.1 Å². The number of primary amides is 1. The van der Waals surface area contributed by atoms with Gasteiger partial charge >= 0.3 is 18.1 Å². The van der Waals surface area contributed by atoms with Crippen LogP contribution in [0.25, 0.3) is 22.4 Å². The Hall–Kier alpha value is -7.53. The van der Waals surface area contributed by atoms with Crippen LogP contribution in [0.2, 0.25) is 0 Å². The highest BCUT2D eigenvalue weighted by molar-refractivity contribution is 5.98. The van der Waals surface area contributed by atoms with Gasteiger partial charge in [0.2, 0.25) is 17.7 Å². The molecule has 2 unspecified atom stereocenters. The van der Waals surface area contributed by atoms with Crippen molar-refractivity contribution in [1.29, 1.82) is 0 Å². The normalized spacial score (nSPS) is 13.8. The number of anilines is 2. The highest BCUT2D eigenvalue weighted by atomic mass is 16.6. The van der Waals surface area contributed by atoms with E-state index in [2.05, 4.69) is 43.1 Å². The van der Waals surface area contributed by atoms with E-state index in [0.29, 0.717) is 61.5 Å². The summed E-state index contributed by atoms with van der Waals surface area (Å²) in [6, 6.07) is 13.8. The number of nitrogen functional groups attached to an aromatic ring is 1. The molecule has 23 heteroatoms. The average molecular weight is 1050 g/mol. The highest BCUT2D eigenvalue weighted by Crippen LogP contribution is 2.28. The van der Waals surface area contributed by atoms with Gasteiger partial charge in [-0.1, -0.05) is 70.5 Å². The van der Waals surface area contributed by atoms with Gasteiger partial charge in [-0.25, -0.2) is 9.59 Å². The number of hydrogen-bond acceptors (Lipinski definition) is 15. The lowest BCUT2D eigenvalue weighted by atomic mass is 9.92. The molecule has 11 N–H and O–H groups in total. The van der Waals surface area contributed by atoms with E-state index in [4.69, 9.17) is 36.5 Å². The summed E-state index contributed by atoms with van der Waals surface area (Å²) < 4.78 is 20.8. The van der Waals surface area contributed by atoms with Crippen molar-refractivity contribution in [3.05, 3.63) is 71.9 Å². The molecule has 6 rings (SSSR count). The third-order valence-corrected chi connectivity index (χ3v) is 13.2. The van der Waals surface area contributed by atoms with Gasteiger partial charge in [0.1, 0.15) is 18.7 Å². The molecule has 3 aromatic heterocycles. The molecule has 0 bridgehead atoms. The van der Waals surface area contributed by atoms with Crippen LogP contribution < -0.4 is 43.2 Å². The Kier molecular flexibility index (Phi) is 20.8. The number of nitrogens with two attached hydrogens (primary N) is 3. The van der Waals surface area contributed by atoms with Crippen LogP contribution in [0.5, 0.6) is 12.0 Å². The molecule has 1 fully saturated rings. The molecule has 1 aliphatic carbocycles. The van der Waals surface area contributed by atoms with Crippen molar-refractivity contribution in [3.63, 3.8) is 0 Å². The second kappa shape index (κ2) is 27.3. The van der Waals surface area contributed by atoms with E-state index < -0.39 is 47.5 Å². The summed E-state index contributed by atoms with van der Waals surface area (Å²) in [5, 5.41) is 26.5. The number of fused-ring (bicyclic) bond motifs is 1. The van der Waals surface area contributed by atoms with Crippen molar-refractivity contribution in [2.24, 2.45) is 23.3 Å². The van der Waals surface area contributed by atoms with Gasteiger partial charge in [-0.2, -0.15) is 20.1 Å². The quantitative estimate of drug-likeness (QED) is 0.0286. The number of benzene rings is 2. The number of imidazole rings is 1. The number of nitrogens with one attached hydrogen (secondary N) is 4. The molecule has 0 spiro atoms. The summed E-state index contributed by atoms with van der Waals surface area (Å²) in [6.07, 6.45) is 7.08. The van der Waals surface area contributed by atoms with Crippen molar-refractivity contribution in [2.45, 2.75) is 136 Å². The first-order chi connectivity index (χ1) is 36.3. The number of rotatable bonds is 29. The van der Waals surface area contributed by atoms with Gasteiger partial charge in [0, 0.05) is 36.6 Å². The molecule has 23 nitrogen and oxygen atoms in total. The van der Waals surface area contributed by atoms with Gasteiger partial charge in [-0.15, -0.1) is 0 Å². The summed E-state index contributed by atoms with van der Waals surface area (Å²) in [5.74, 6) is -2.18. The highest BCUT2D eigenvalue weighted by Gasteiger charge is 2.32. The molecule has 6 amide bonds. The Bertz CT molecular complexity index is 2720. The molecular weight excluding hydrogens is 977 g/mol. The van der Waals surface area contributed by atoms with Crippen LogP contribution in [0.3, 0.4) is 0 Å². The number of carbonyl (C=O) groups excluding carboxylic acids is 5. The fraction of sp³-hybridized carbons (Fsp3) is 0.528. The molecule has 5 aromatic rings. The number of nitrogens with zero attached hydrogens (tertiary/aromatic N) is 7. The summed E-state index contributed by atoms with van der Waals surface area (Å²) in [4.78, 5) is 80.2. The molecule has 1 aliphatic rings. The standard InChI is InChI=1S/C53H76N14O9/c1-7-8-29-74-50-62-44(55)43-45(63-50)67(51(72)61-43)30-35-14-18-37(19-15-35)40-22-26-65(64-40)27-28-66(39-11-9-12-39)52(73)75-32-36-16-20-38(21-17-36)58-47(69)41(13-10-25-57-49(56)71)59-48(70)42(33(2)3)60-46(68)34(4)31-76-53(5,6)23-24-54/h14-22,26,33-34,39,41-42H,7-13,23-25,27-32,54H2,1-6H3,(H,58,69)(H,59,70)(H,60,68)(H,61,72)(H2,55,62,63)(H3,56,57,71)/t34?,41-,42?/m0/s1. The largest absolute Gasteiger partial charge is 0.480 e. The second-order valence-corrected chi connectivity index (χ2v) is 20.2. The number of urea groups is 1. The predicted octanol–water partition coefficient (Wildman–Crippen LogP) is 5.19. The minimum Gasteiger partial charge on any atom is -0.480 e. The van der Waals surface area contributed by atoms with Crippen LogP contribution >= 0.6 is 0 Å². The van der Waals surface area contributed by atoms with Crippen molar-refractivity contribution in [1.82, 2.24) is 50.1 Å². The van der Waals surface area contributed by atoms with Gasteiger partial charge in [0.25, 0.3) is 6.01 Å². The van der Waals surface area contributed by atoms with Gasteiger partial charge in [0.05, 0.1) is 43.5 Å². The van der Waals surface area contributed by atoms with Gasteiger partial charge in [0.15, 0.2) is 17.0 Å². The smallest absolute Gasteiger partial charge is 0.410 e. The topological polar surface area (TPSA) is 324 Å². The van der Waals surface area contributed by atoms with Crippen molar-refractivity contribution >= 4 is 52.5 Å². The number of aromatic hydroxyl groups is 1. The minimum absolute atomic E-state index is 0.00475. The predicted molar refractivity (Wildman–Crippen MR) is 287 cm³/mol. The third kappa shape index (κ3) is 16.5. The molecule has 76 heavy (non-hydrogen) atoms. The number of carbonyl (C=O) groups is 5. The molecular formula is C53H76N14O9. The van der Waals surface area contributed by atoms with E-state index in [1.165, 1.54) is 0 Å². The number of ether oxygens (including phenoxy) is 3. The molecule has 412 valence electrons. The van der Waals surface area contributed by atoms with E-state index in [-0.39, 0.29) is 68.4 Å². The van der Waals surface area contributed by atoms with Crippen LogP contribution in [0.1, 0.15) is 104 Å². The Labute approximate surface area is 443 Å². The number of unbranched alkanes of at least 4 members (excludes halogenated alkanes) is 1. The molecule has 2 aromatic carbocycles. The fourth-order valence-corrected chi connectivity index (χ4v) is 8.31. The molecule has 0 radical (unpaired) electrons. The molecule has 0 aliphatic heterocycles. The van der Waals surface area contributed by atoms with Crippen molar-refractivity contribution < 1.29 is 43.3 Å². The van der Waals surface area contributed by atoms with Gasteiger partial charge in [-0.05, 0) is 101 Å². The van der Waals surface area contributed by atoms with Gasteiger partial charge < -0.3 is 62.7 Å². The molecule has 3 heterocycles. The number of amides is 6. The molecule has 0 saturated heterocycles. The first-order valence-electron chi connectivity index (χ1n) is 26.1. The monoisotopic (exact) mass is 1050 g/mol. The summed E-state index contributed by atoms with van der Waals surface area (Å²) >= 11 is 0. The van der Waals surface area contributed by atoms with Crippen LogP contribution in [0, 0.1) is 11.8 Å². The zero-order valence-electron chi connectivity index (χ0n) is 44.5. The Balaban J connectivity index is 1.01. The van der Waals surface area contributed by atoms with Gasteiger partial charge in [-0.3, -0.25) is 23.6 Å². The third-order valence-electron chi connectivity index (χ3n) is 13.2. The number of hydrogen-bond donors (Lipinski definition) is 8. The fourth-order valence-electron chi connectivity index (χ4n) is 8.31. The minimum atomic E-state index is -1.03. The zero-order valence-corrected chi connectivity index (χ0v) is 44.5. The van der Waals surface area contributed by atoms with E-state index in [0.717, 1.165) is 48.9 Å². The summed E-state index contributed by atoms with van der Waals surface area (Å²) in [7, 11) is 0. The maximum atomic E-state index is 13.7.